The molecule has 2 heterocycles. The summed E-state index contributed by atoms with van der Waals surface area (Å²) >= 11 is 0. The van der Waals surface area contributed by atoms with E-state index in [1.807, 2.05) is 6.92 Å². The first-order valence-electron chi connectivity index (χ1n) is 5.36. The third kappa shape index (κ3) is 2.36. The SMILES string of the molecule is CCC1(O)CN(c2cccc(C(F)(F)F)n2)C1. The molecule has 3 nitrogen and oxygen atoms in total. The van der Waals surface area contributed by atoms with Crippen LogP contribution >= 0.6 is 0 Å². The Morgan fingerprint density at radius 1 is 1.41 bits per heavy atom. The standard InChI is InChI=1S/C11H13F3N2O/c1-2-10(17)6-16(7-10)9-5-3-4-8(15-9)11(12,13)14/h3-5,17H,2,6-7H2,1H3. The van der Waals surface area contributed by atoms with E-state index in [1.165, 1.54) is 12.1 Å². The van der Waals surface area contributed by atoms with Gasteiger partial charge >= 0.3 is 6.18 Å². The summed E-state index contributed by atoms with van der Waals surface area (Å²) in [6.45, 7) is 2.51. The third-order valence-electron chi connectivity index (χ3n) is 2.98. The second kappa shape index (κ2) is 3.87. The minimum absolute atomic E-state index is 0.262. The average Bonchev–Trinajstić information content (AvgIpc) is 2.24. The van der Waals surface area contributed by atoms with E-state index >= 15 is 0 Å². The smallest absolute Gasteiger partial charge is 0.386 e. The van der Waals surface area contributed by atoms with Gasteiger partial charge in [0.05, 0.1) is 5.60 Å². The molecule has 0 saturated carbocycles. The Hall–Kier alpha value is -1.30. The molecule has 0 amide bonds. The normalized spacial score (nSPS) is 19.0. The number of anilines is 1. The zero-order valence-electron chi connectivity index (χ0n) is 9.33. The van der Waals surface area contributed by atoms with Gasteiger partial charge in [-0.15, -0.1) is 0 Å². The second-order valence-corrected chi connectivity index (χ2v) is 4.31. The molecule has 1 aromatic heterocycles. The Kier molecular flexibility index (Phi) is 2.77. The molecule has 0 aromatic carbocycles. The maximum Gasteiger partial charge on any atom is 0.433 e. The van der Waals surface area contributed by atoms with Crippen LogP contribution in [-0.2, 0) is 6.18 Å². The Bertz CT molecular complexity index is 413. The maximum absolute atomic E-state index is 12.4. The molecule has 1 aliphatic rings. The van der Waals surface area contributed by atoms with Crippen molar-refractivity contribution in [3.63, 3.8) is 0 Å². The highest BCUT2D eigenvalue weighted by molar-refractivity contribution is 5.44. The predicted octanol–water partition coefficient (Wildman–Crippen LogP) is 2.06. The number of β-amino-alcohol motifs (C(OH)–C–C–N with tert-alkyl or cyclic N) is 1. The Labute approximate surface area is 96.9 Å². The van der Waals surface area contributed by atoms with Crippen LogP contribution in [0.5, 0.6) is 0 Å². The zero-order valence-corrected chi connectivity index (χ0v) is 9.33. The summed E-state index contributed by atoms with van der Waals surface area (Å²) in [6, 6.07) is 3.79. The summed E-state index contributed by atoms with van der Waals surface area (Å²) in [7, 11) is 0. The fourth-order valence-corrected chi connectivity index (χ4v) is 1.81. The molecule has 6 heteroatoms. The fourth-order valence-electron chi connectivity index (χ4n) is 1.81. The molecule has 1 N–H and O–H groups in total. The maximum atomic E-state index is 12.4. The molecule has 1 aromatic rings. The van der Waals surface area contributed by atoms with Gasteiger partial charge in [0.15, 0.2) is 0 Å². The van der Waals surface area contributed by atoms with Crippen LogP contribution in [0, 0.1) is 0 Å². The van der Waals surface area contributed by atoms with E-state index in [2.05, 4.69) is 4.98 Å². The van der Waals surface area contributed by atoms with Gasteiger partial charge in [0.2, 0.25) is 0 Å². The molecule has 0 spiro atoms. The minimum atomic E-state index is -4.43. The molecule has 0 atom stereocenters. The van der Waals surface area contributed by atoms with Crippen molar-refractivity contribution in [1.82, 2.24) is 4.98 Å². The van der Waals surface area contributed by atoms with Crippen LogP contribution in [0.1, 0.15) is 19.0 Å². The summed E-state index contributed by atoms with van der Waals surface area (Å²) in [5.74, 6) is 0.262. The van der Waals surface area contributed by atoms with Gasteiger partial charge in [0.1, 0.15) is 11.5 Å². The Balaban J connectivity index is 2.14. The first-order valence-corrected chi connectivity index (χ1v) is 5.36. The predicted molar refractivity (Wildman–Crippen MR) is 56.7 cm³/mol. The van der Waals surface area contributed by atoms with E-state index in [0.29, 0.717) is 19.5 Å². The van der Waals surface area contributed by atoms with Gasteiger partial charge in [-0.3, -0.25) is 0 Å². The highest BCUT2D eigenvalue weighted by atomic mass is 19.4. The van der Waals surface area contributed by atoms with E-state index < -0.39 is 17.5 Å². The van der Waals surface area contributed by atoms with Crippen molar-refractivity contribution in [3.8, 4) is 0 Å². The molecule has 1 saturated heterocycles. The van der Waals surface area contributed by atoms with Crippen molar-refractivity contribution in [2.24, 2.45) is 0 Å². The summed E-state index contributed by atoms with van der Waals surface area (Å²) < 4.78 is 37.3. The van der Waals surface area contributed by atoms with E-state index in [0.717, 1.165) is 6.07 Å². The second-order valence-electron chi connectivity index (χ2n) is 4.31. The lowest BCUT2D eigenvalue weighted by Crippen LogP contribution is -2.61. The van der Waals surface area contributed by atoms with Crippen molar-refractivity contribution in [2.45, 2.75) is 25.1 Å². The van der Waals surface area contributed by atoms with Crippen molar-refractivity contribution < 1.29 is 18.3 Å². The summed E-state index contributed by atoms with van der Waals surface area (Å²) in [5.41, 5.74) is -1.68. The van der Waals surface area contributed by atoms with Crippen molar-refractivity contribution in [3.05, 3.63) is 23.9 Å². The monoisotopic (exact) mass is 246 g/mol. The summed E-state index contributed by atoms with van der Waals surface area (Å²) in [5, 5.41) is 9.79. The molecule has 0 bridgehead atoms. The van der Waals surface area contributed by atoms with Crippen LogP contribution in [0.4, 0.5) is 19.0 Å². The zero-order chi connectivity index (χ0) is 12.7. The van der Waals surface area contributed by atoms with Crippen LogP contribution in [0.25, 0.3) is 0 Å². The minimum Gasteiger partial charge on any atom is -0.386 e. The van der Waals surface area contributed by atoms with Gasteiger partial charge in [-0.2, -0.15) is 13.2 Å². The van der Waals surface area contributed by atoms with Crippen molar-refractivity contribution >= 4 is 5.82 Å². The van der Waals surface area contributed by atoms with E-state index in [4.69, 9.17) is 0 Å². The number of hydrogen-bond donors (Lipinski definition) is 1. The summed E-state index contributed by atoms with van der Waals surface area (Å²) in [6.07, 6.45) is -3.84. The van der Waals surface area contributed by atoms with E-state index in [9.17, 15) is 18.3 Å². The highest BCUT2D eigenvalue weighted by Gasteiger charge is 2.41. The van der Waals surface area contributed by atoms with Crippen LogP contribution in [0.3, 0.4) is 0 Å². The molecule has 2 rings (SSSR count). The lowest BCUT2D eigenvalue weighted by molar-refractivity contribution is -0.141. The highest BCUT2D eigenvalue weighted by Crippen LogP contribution is 2.32. The molecule has 1 fully saturated rings. The number of halogens is 3. The van der Waals surface area contributed by atoms with E-state index in [1.54, 1.807) is 4.90 Å². The van der Waals surface area contributed by atoms with Gasteiger partial charge in [-0.1, -0.05) is 13.0 Å². The number of aliphatic hydroxyl groups is 1. The Morgan fingerprint density at radius 2 is 2.06 bits per heavy atom. The average molecular weight is 246 g/mol. The quantitative estimate of drug-likeness (QED) is 0.867. The first kappa shape index (κ1) is 12.2. The first-order chi connectivity index (χ1) is 7.84. The number of rotatable bonds is 2. The lowest BCUT2D eigenvalue weighted by atomic mass is 9.91. The van der Waals surface area contributed by atoms with Gasteiger partial charge in [0, 0.05) is 13.1 Å². The molecule has 0 aliphatic carbocycles. The molecule has 0 radical (unpaired) electrons. The van der Waals surface area contributed by atoms with E-state index in [-0.39, 0.29) is 5.82 Å². The molecule has 94 valence electrons. The topological polar surface area (TPSA) is 36.4 Å². The molecular weight excluding hydrogens is 233 g/mol. The van der Waals surface area contributed by atoms with Gasteiger partial charge in [0.25, 0.3) is 0 Å². The van der Waals surface area contributed by atoms with Crippen molar-refractivity contribution in [1.29, 1.82) is 0 Å². The fraction of sp³-hybridized carbons (Fsp3) is 0.545. The number of aromatic nitrogens is 1. The number of hydrogen-bond acceptors (Lipinski definition) is 3. The molecule has 1 aliphatic heterocycles. The van der Waals surface area contributed by atoms with Gasteiger partial charge in [-0.25, -0.2) is 4.98 Å². The number of alkyl halides is 3. The van der Waals surface area contributed by atoms with Crippen LogP contribution in [0.2, 0.25) is 0 Å². The number of pyridine rings is 1. The third-order valence-corrected chi connectivity index (χ3v) is 2.98. The van der Waals surface area contributed by atoms with Gasteiger partial charge < -0.3 is 10.0 Å². The van der Waals surface area contributed by atoms with Crippen LogP contribution in [-0.4, -0.2) is 28.8 Å². The van der Waals surface area contributed by atoms with Gasteiger partial charge in [-0.05, 0) is 18.6 Å². The van der Waals surface area contributed by atoms with Crippen molar-refractivity contribution in [2.75, 3.05) is 18.0 Å². The van der Waals surface area contributed by atoms with Crippen LogP contribution in [0.15, 0.2) is 18.2 Å². The molecule has 0 unspecified atom stereocenters. The molecular formula is C11H13F3N2O. The largest absolute Gasteiger partial charge is 0.433 e. The lowest BCUT2D eigenvalue weighted by Gasteiger charge is -2.46. The Morgan fingerprint density at radius 3 is 2.59 bits per heavy atom. The molecule has 17 heavy (non-hydrogen) atoms. The number of nitrogens with zero attached hydrogens (tertiary/aromatic N) is 2. The summed E-state index contributed by atoms with van der Waals surface area (Å²) in [4.78, 5) is 5.19. The van der Waals surface area contributed by atoms with Crippen LogP contribution < -0.4 is 4.90 Å².